The van der Waals surface area contributed by atoms with Crippen LogP contribution in [-0.2, 0) is 6.54 Å². The van der Waals surface area contributed by atoms with Gasteiger partial charge in [0.15, 0.2) is 0 Å². The predicted octanol–water partition coefficient (Wildman–Crippen LogP) is 3.36. The van der Waals surface area contributed by atoms with Gasteiger partial charge in [0.2, 0.25) is 0 Å². The number of hydrogen-bond donors (Lipinski definition) is 3. The number of nitrogen functional groups attached to an aromatic ring is 1. The second-order valence-electron chi connectivity index (χ2n) is 10.1. The highest BCUT2D eigenvalue weighted by Gasteiger charge is 2.30. The Bertz CT molecular complexity index is 1330. The van der Waals surface area contributed by atoms with Crippen LogP contribution in [0, 0.1) is 11.7 Å². The molecule has 2 aliphatic rings. The largest absolute Gasteiger partial charge is 0.496 e. The first-order valence-electron chi connectivity index (χ1n) is 12.9. The smallest absolute Gasteiger partial charge is 0.255 e. The molecule has 5 N–H and O–H groups in total. The monoisotopic (exact) mass is 520 g/mol. The van der Waals surface area contributed by atoms with Gasteiger partial charge in [-0.05, 0) is 55.4 Å². The van der Waals surface area contributed by atoms with E-state index in [1.54, 1.807) is 4.68 Å². The molecule has 0 spiro atoms. The van der Waals surface area contributed by atoms with Crippen molar-refractivity contribution in [3.05, 3.63) is 65.0 Å². The van der Waals surface area contributed by atoms with Gasteiger partial charge < -0.3 is 26.4 Å². The van der Waals surface area contributed by atoms with Crippen LogP contribution >= 0.6 is 0 Å². The normalized spacial score (nSPS) is 16.4. The van der Waals surface area contributed by atoms with Gasteiger partial charge in [0.25, 0.3) is 11.8 Å². The highest BCUT2D eigenvalue weighted by Crippen LogP contribution is 2.35. The number of ether oxygens (including phenoxy) is 1. The number of nitrogens with zero attached hydrogens (tertiary/aromatic N) is 3. The molecule has 2 amide bonds. The summed E-state index contributed by atoms with van der Waals surface area (Å²) in [5.41, 5.74) is 14.4. The summed E-state index contributed by atoms with van der Waals surface area (Å²) in [5.74, 6) is -0.136. The highest BCUT2D eigenvalue weighted by molar-refractivity contribution is 6.03. The van der Waals surface area contributed by atoms with E-state index < -0.39 is 17.6 Å². The van der Waals surface area contributed by atoms with Crippen LogP contribution in [0.25, 0.3) is 11.3 Å². The van der Waals surface area contributed by atoms with E-state index in [-0.39, 0.29) is 23.7 Å². The number of rotatable bonds is 9. The fraction of sp³-hybridized carbons (Fsp3) is 0.393. The van der Waals surface area contributed by atoms with Crippen molar-refractivity contribution in [2.24, 2.45) is 11.7 Å². The van der Waals surface area contributed by atoms with E-state index in [9.17, 15) is 14.0 Å². The Morgan fingerprint density at radius 1 is 1.11 bits per heavy atom. The molecule has 1 aliphatic heterocycles. The van der Waals surface area contributed by atoms with Crippen molar-refractivity contribution in [3.63, 3.8) is 0 Å². The van der Waals surface area contributed by atoms with E-state index in [1.165, 1.54) is 38.6 Å². The van der Waals surface area contributed by atoms with Crippen LogP contribution in [-0.4, -0.2) is 53.2 Å². The molecule has 9 nitrogen and oxygen atoms in total. The van der Waals surface area contributed by atoms with Gasteiger partial charge in [-0.1, -0.05) is 24.3 Å². The van der Waals surface area contributed by atoms with E-state index in [4.69, 9.17) is 21.3 Å². The van der Waals surface area contributed by atoms with Gasteiger partial charge in [-0.25, -0.2) is 9.07 Å². The number of carbonyl (C=O) groups excluding carboxylic acids is 2. The number of methoxy groups -OCH3 is 1. The molecule has 0 unspecified atom stereocenters. The molecule has 3 aromatic rings. The first kappa shape index (κ1) is 25.7. The topological polar surface area (TPSA) is 128 Å². The fourth-order valence-electron chi connectivity index (χ4n) is 5.10. The lowest BCUT2D eigenvalue weighted by molar-refractivity contribution is 0.0946. The second kappa shape index (κ2) is 10.8. The maximum absolute atomic E-state index is 13.6. The van der Waals surface area contributed by atoms with Crippen LogP contribution in [0.15, 0.2) is 42.5 Å². The van der Waals surface area contributed by atoms with Gasteiger partial charge >= 0.3 is 0 Å². The molecule has 38 heavy (non-hydrogen) atoms. The Balaban J connectivity index is 1.28. The summed E-state index contributed by atoms with van der Waals surface area (Å²) in [4.78, 5) is 27.4. The van der Waals surface area contributed by atoms with E-state index in [0.717, 1.165) is 43.5 Å². The van der Waals surface area contributed by atoms with Crippen LogP contribution in [0.2, 0.25) is 0 Å². The van der Waals surface area contributed by atoms with Crippen molar-refractivity contribution < 1.29 is 18.7 Å². The number of anilines is 1. The van der Waals surface area contributed by atoms with E-state index in [0.29, 0.717) is 22.8 Å². The molecule has 1 aromatic heterocycles. The number of piperidine rings is 1. The molecule has 1 saturated heterocycles. The molecule has 0 radical (unpaired) electrons. The molecule has 2 heterocycles. The number of amides is 2. The van der Waals surface area contributed by atoms with Crippen molar-refractivity contribution in [2.75, 3.05) is 32.5 Å². The number of likely N-dealkylation sites (tertiary alicyclic amines) is 1. The number of primary amides is 1. The zero-order chi connectivity index (χ0) is 26.8. The van der Waals surface area contributed by atoms with E-state index >= 15 is 0 Å². The van der Waals surface area contributed by atoms with E-state index in [2.05, 4.69) is 10.2 Å². The summed E-state index contributed by atoms with van der Waals surface area (Å²) in [6, 6.07) is 11.2. The number of hydrogen-bond acceptors (Lipinski definition) is 6. The Hall–Kier alpha value is -3.92. The SMILES string of the molecule is COc1ccc(F)cc1C(=O)NCc1ccc(-c2nn(C3CCN(CC4CC4)CC3)c(N)c2C(N)=O)cc1. The fourth-order valence-corrected chi connectivity index (χ4v) is 5.10. The Morgan fingerprint density at radius 3 is 2.45 bits per heavy atom. The van der Waals surface area contributed by atoms with Crippen LogP contribution in [0.1, 0.15) is 58.0 Å². The highest BCUT2D eigenvalue weighted by atomic mass is 19.1. The average Bonchev–Trinajstić information content (AvgIpc) is 3.67. The van der Waals surface area contributed by atoms with E-state index in [1.807, 2.05) is 24.3 Å². The summed E-state index contributed by atoms with van der Waals surface area (Å²) in [6.07, 6.45) is 4.52. The van der Waals surface area contributed by atoms with Gasteiger partial charge in [0, 0.05) is 31.7 Å². The summed E-state index contributed by atoms with van der Waals surface area (Å²) in [7, 11) is 1.43. The summed E-state index contributed by atoms with van der Waals surface area (Å²) >= 11 is 0. The van der Waals surface area contributed by atoms with Crippen LogP contribution < -0.4 is 21.5 Å². The van der Waals surface area contributed by atoms with Crippen molar-refractivity contribution in [2.45, 2.75) is 38.3 Å². The molecule has 5 rings (SSSR count). The van der Waals surface area contributed by atoms with Gasteiger partial charge in [0.1, 0.15) is 28.6 Å². The third-order valence-electron chi connectivity index (χ3n) is 7.40. The number of nitrogens with one attached hydrogen (secondary N) is 1. The molecule has 10 heteroatoms. The lowest BCUT2D eigenvalue weighted by atomic mass is 10.0. The number of benzene rings is 2. The zero-order valence-electron chi connectivity index (χ0n) is 21.5. The maximum Gasteiger partial charge on any atom is 0.255 e. The van der Waals surface area contributed by atoms with Crippen molar-refractivity contribution >= 4 is 17.6 Å². The summed E-state index contributed by atoms with van der Waals surface area (Å²) in [6.45, 7) is 3.37. The lowest BCUT2D eigenvalue weighted by Crippen LogP contribution is -2.36. The van der Waals surface area contributed by atoms with Gasteiger partial charge in [-0.3, -0.25) is 9.59 Å². The maximum atomic E-state index is 13.6. The van der Waals surface area contributed by atoms with Crippen molar-refractivity contribution in [3.8, 4) is 17.0 Å². The first-order chi connectivity index (χ1) is 18.3. The Kier molecular flexibility index (Phi) is 7.33. The molecule has 0 atom stereocenters. The molecule has 2 fully saturated rings. The second-order valence-corrected chi connectivity index (χ2v) is 10.1. The molecular formula is C28H33FN6O3. The number of carbonyl (C=O) groups is 2. The third kappa shape index (κ3) is 5.50. The minimum Gasteiger partial charge on any atom is -0.496 e. The summed E-state index contributed by atoms with van der Waals surface area (Å²) in [5, 5.41) is 7.53. The first-order valence-corrected chi connectivity index (χ1v) is 12.9. The summed E-state index contributed by atoms with van der Waals surface area (Å²) < 4.78 is 20.6. The third-order valence-corrected chi connectivity index (χ3v) is 7.40. The van der Waals surface area contributed by atoms with Crippen molar-refractivity contribution in [1.29, 1.82) is 0 Å². The molecule has 0 bridgehead atoms. The van der Waals surface area contributed by atoms with Crippen LogP contribution in [0.4, 0.5) is 10.2 Å². The van der Waals surface area contributed by atoms with Crippen LogP contribution in [0.5, 0.6) is 5.75 Å². The van der Waals surface area contributed by atoms with Gasteiger partial charge in [-0.2, -0.15) is 5.10 Å². The number of nitrogens with two attached hydrogens (primary N) is 2. The van der Waals surface area contributed by atoms with Crippen molar-refractivity contribution in [1.82, 2.24) is 20.0 Å². The molecular weight excluding hydrogens is 487 g/mol. The Morgan fingerprint density at radius 2 is 1.82 bits per heavy atom. The molecule has 1 saturated carbocycles. The molecule has 200 valence electrons. The van der Waals surface area contributed by atoms with Gasteiger partial charge in [-0.15, -0.1) is 0 Å². The van der Waals surface area contributed by atoms with Crippen LogP contribution in [0.3, 0.4) is 0 Å². The lowest BCUT2D eigenvalue weighted by Gasteiger charge is -2.32. The molecule has 2 aromatic carbocycles. The Labute approximate surface area is 220 Å². The zero-order valence-corrected chi connectivity index (χ0v) is 21.5. The number of halogens is 1. The number of aromatic nitrogens is 2. The predicted molar refractivity (Wildman–Crippen MR) is 142 cm³/mol. The molecule has 1 aliphatic carbocycles. The standard InChI is InChI=1S/C28H33FN6O3/c1-38-23-9-8-20(29)14-22(23)28(37)32-15-17-4-6-19(7-5-17)25-24(27(31)36)26(30)35(33-25)21-10-12-34(13-11-21)16-18-2-3-18/h4-9,14,18,21H,2-3,10-13,15-16,30H2,1H3,(H2,31,36)(H,32,37). The minimum absolute atomic E-state index is 0.117. The van der Waals surface area contributed by atoms with Gasteiger partial charge in [0.05, 0.1) is 18.7 Å². The quantitative estimate of drug-likeness (QED) is 0.397. The average molecular weight is 521 g/mol. The minimum atomic E-state index is -0.615.